The second kappa shape index (κ2) is 11.9. The van der Waals surface area contributed by atoms with Gasteiger partial charge in [-0.25, -0.2) is 4.98 Å². The Kier molecular flexibility index (Phi) is 8.38. The van der Waals surface area contributed by atoms with Crippen molar-refractivity contribution in [3.8, 4) is 11.3 Å². The summed E-state index contributed by atoms with van der Waals surface area (Å²) >= 11 is 5.86. The van der Waals surface area contributed by atoms with Crippen LogP contribution in [0.15, 0.2) is 59.1 Å². The van der Waals surface area contributed by atoms with Crippen molar-refractivity contribution in [3.63, 3.8) is 0 Å². The third-order valence-electron chi connectivity index (χ3n) is 6.42. The molecule has 1 unspecified atom stereocenters. The Labute approximate surface area is 214 Å². The van der Waals surface area contributed by atoms with E-state index >= 15 is 0 Å². The van der Waals surface area contributed by atoms with Crippen LogP contribution in [0.5, 0.6) is 0 Å². The molecular weight excluding hydrogens is 480 g/mol. The molecular formula is C27H29ClN4O4. The van der Waals surface area contributed by atoms with E-state index in [4.69, 9.17) is 16.0 Å². The summed E-state index contributed by atoms with van der Waals surface area (Å²) in [4.78, 5) is 41.6. The van der Waals surface area contributed by atoms with Crippen molar-refractivity contribution in [1.29, 1.82) is 0 Å². The molecule has 1 atom stereocenters. The number of likely N-dealkylation sites (N-methyl/N-ethyl adjacent to an activating group) is 1. The van der Waals surface area contributed by atoms with Crippen molar-refractivity contribution in [2.24, 2.45) is 5.92 Å². The lowest BCUT2D eigenvalue weighted by Crippen LogP contribution is -2.50. The lowest BCUT2D eigenvalue weighted by atomic mass is 9.83. The fourth-order valence-corrected chi connectivity index (χ4v) is 4.68. The fourth-order valence-electron chi connectivity index (χ4n) is 4.51. The van der Waals surface area contributed by atoms with Crippen molar-refractivity contribution < 1.29 is 18.8 Å². The Balaban J connectivity index is 1.41. The fraction of sp³-hybridized carbons (Fsp3) is 0.333. The number of carbonyl (C=O) groups excluding carboxylic acids is 3. The van der Waals surface area contributed by atoms with Gasteiger partial charge in [0.2, 0.25) is 5.91 Å². The molecule has 4 rings (SSSR count). The number of hydrogen-bond acceptors (Lipinski definition) is 5. The van der Waals surface area contributed by atoms with E-state index in [1.54, 1.807) is 25.2 Å². The minimum atomic E-state index is -0.585. The van der Waals surface area contributed by atoms with E-state index in [2.05, 4.69) is 20.9 Å². The number of pyridine rings is 1. The van der Waals surface area contributed by atoms with Gasteiger partial charge < -0.3 is 20.4 Å². The first-order chi connectivity index (χ1) is 17.4. The zero-order chi connectivity index (χ0) is 25.5. The van der Waals surface area contributed by atoms with Crippen LogP contribution in [0.2, 0.25) is 5.15 Å². The Morgan fingerprint density at radius 2 is 1.86 bits per heavy atom. The lowest BCUT2D eigenvalue weighted by Gasteiger charge is -2.29. The molecule has 0 saturated heterocycles. The Bertz CT molecular complexity index is 1240. The van der Waals surface area contributed by atoms with E-state index in [-0.39, 0.29) is 28.6 Å². The van der Waals surface area contributed by atoms with E-state index in [1.165, 1.54) is 12.3 Å². The smallest absolute Gasteiger partial charge is 0.287 e. The van der Waals surface area contributed by atoms with Crippen LogP contribution in [0.1, 0.15) is 58.6 Å². The van der Waals surface area contributed by atoms with Gasteiger partial charge in [0.05, 0.1) is 0 Å². The third-order valence-corrected chi connectivity index (χ3v) is 6.63. The molecule has 2 heterocycles. The minimum Gasteiger partial charge on any atom is -0.451 e. The average molecular weight is 509 g/mol. The predicted molar refractivity (Wildman–Crippen MR) is 136 cm³/mol. The van der Waals surface area contributed by atoms with Crippen molar-refractivity contribution >= 4 is 29.3 Å². The molecule has 1 fully saturated rings. The number of carbonyl (C=O) groups is 3. The molecule has 0 bridgehead atoms. The van der Waals surface area contributed by atoms with E-state index in [0.29, 0.717) is 17.9 Å². The molecule has 0 aliphatic heterocycles. The van der Waals surface area contributed by atoms with Gasteiger partial charge in [-0.15, -0.1) is 0 Å². The maximum atomic E-state index is 12.9. The molecule has 3 aromatic rings. The van der Waals surface area contributed by atoms with Crippen molar-refractivity contribution in [2.45, 2.75) is 44.7 Å². The molecule has 9 heteroatoms. The number of nitrogens with one attached hydrogen (secondary N) is 3. The van der Waals surface area contributed by atoms with E-state index in [9.17, 15) is 14.4 Å². The van der Waals surface area contributed by atoms with E-state index in [0.717, 1.165) is 43.2 Å². The second-order valence-electron chi connectivity index (χ2n) is 8.88. The Morgan fingerprint density at radius 3 is 2.61 bits per heavy atom. The van der Waals surface area contributed by atoms with Gasteiger partial charge in [0, 0.05) is 30.9 Å². The summed E-state index contributed by atoms with van der Waals surface area (Å²) in [7, 11) is 1.58. The van der Waals surface area contributed by atoms with Crippen LogP contribution in [-0.2, 0) is 11.3 Å². The Morgan fingerprint density at radius 1 is 1.06 bits per heavy atom. The molecule has 188 valence electrons. The maximum absolute atomic E-state index is 12.9. The monoisotopic (exact) mass is 508 g/mol. The highest BCUT2D eigenvalue weighted by atomic mass is 35.5. The second-order valence-corrected chi connectivity index (χ2v) is 9.26. The number of rotatable bonds is 8. The van der Waals surface area contributed by atoms with Gasteiger partial charge >= 0.3 is 0 Å². The molecule has 3 amide bonds. The van der Waals surface area contributed by atoms with Crippen LogP contribution in [0.3, 0.4) is 0 Å². The average Bonchev–Trinajstić information content (AvgIpc) is 3.41. The van der Waals surface area contributed by atoms with Crippen LogP contribution in [0, 0.1) is 5.92 Å². The van der Waals surface area contributed by atoms with Gasteiger partial charge in [-0.1, -0.05) is 49.1 Å². The normalized spacial score (nSPS) is 14.6. The molecule has 36 heavy (non-hydrogen) atoms. The summed E-state index contributed by atoms with van der Waals surface area (Å²) in [6.45, 7) is 0.301. The quantitative estimate of drug-likeness (QED) is 0.391. The van der Waals surface area contributed by atoms with Gasteiger partial charge in [0.25, 0.3) is 11.8 Å². The van der Waals surface area contributed by atoms with Gasteiger partial charge in [0.15, 0.2) is 5.76 Å². The zero-order valence-corrected chi connectivity index (χ0v) is 20.8. The van der Waals surface area contributed by atoms with Crippen LogP contribution >= 0.6 is 11.6 Å². The molecule has 1 aliphatic rings. The van der Waals surface area contributed by atoms with Crippen molar-refractivity contribution in [3.05, 3.63) is 76.8 Å². The number of amides is 3. The number of hydrogen-bond donors (Lipinski definition) is 3. The molecule has 0 radical (unpaired) electrons. The largest absolute Gasteiger partial charge is 0.451 e. The molecule has 8 nitrogen and oxygen atoms in total. The summed E-state index contributed by atoms with van der Waals surface area (Å²) in [5.41, 5.74) is 2.05. The van der Waals surface area contributed by atoms with Crippen LogP contribution < -0.4 is 16.0 Å². The van der Waals surface area contributed by atoms with E-state index < -0.39 is 11.9 Å². The topological polar surface area (TPSA) is 113 Å². The number of halogens is 1. The maximum Gasteiger partial charge on any atom is 0.287 e. The van der Waals surface area contributed by atoms with Crippen LogP contribution in [0.4, 0.5) is 0 Å². The van der Waals surface area contributed by atoms with Crippen LogP contribution in [0.25, 0.3) is 11.3 Å². The zero-order valence-electron chi connectivity index (χ0n) is 20.1. The SMILES string of the molecule is CNC(=O)C(NC(=O)c1ccc(-c2cccc(CNC(=O)c3ccnc(Cl)c3)c2)o1)C1CCCCC1. The minimum absolute atomic E-state index is 0.118. The van der Waals surface area contributed by atoms with Crippen molar-refractivity contribution in [2.75, 3.05) is 7.05 Å². The summed E-state index contributed by atoms with van der Waals surface area (Å²) in [6, 6.07) is 13.3. The first-order valence-electron chi connectivity index (χ1n) is 12.1. The summed E-state index contributed by atoms with van der Waals surface area (Å²) in [6.07, 6.45) is 6.60. The number of nitrogens with zero attached hydrogens (tertiary/aromatic N) is 1. The number of furan rings is 1. The highest BCUT2D eigenvalue weighted by Crippen LogP contribution is 2.28. The van der Waals surface area contributed by atoms with Gasteiger partial charge in [-0.3, -0.25) is 14.4 Å². The van der Waals surface area contributed by atoms with Crippen molar-refractivity contribution in [1.82, 2.24) is 20.9 Å². The highest BCUT2D eigenvalue weighted by Gasteiger charge is 2.31. The summed E-state index contributed by atoms with van der Waals surface area (Å²) in [5, 5.41) is 8.65. The van der Waals surface area contributed by atoms with Crippen LogP contribution in [-0.4, -0.2) is 35.8 Å². The van der Waals surface area contributed by atoms with Gasteiger partial charge in [-0.05, 0) is 54.7 Å². The van der Waals surface area contributed by atoms with Gasteiger partial charge in [0.1, 0.15) is 17.0 Å². The lowest BCUT2D eigenvalue weighted by molar-refractivity contribution is -0.124. The number of benzene rings is 1. The molecule has 3 N–H and O–H groups in total. The molecule has 2 aromatic heterocycles. The Hall–Kier alpha value is -3.65. The third kappa shape index (κ3) is 6.31. The van der Waals surface area contributed by atoms with E-state index in [1.807, 2.05) is 24.3 Å². The summed E-state index contributed by atoms with van der Waals surface area (Å²) < 4.78 is 5.84. The predicted octanol–water partition coefficient (Wildman–Crippen LogP) is 4.35. The molecule has 1 saturated carbocycles. The number of aromatic nitrogens is 1. The van der Waals surface area contributed by atoms with Gasteiger partial charge in [-0.2, -0.15) is 0 Å². The molecule has 0 spiro atoms. The highest BCUT2D eigenvalue weighted by molar-refractivity contribution is 6.29. The first-order valence-corrected chi connectivity index (χ1v) is 12.4. The molecule has 1 aromatic carbocycles. The first kappa shape index (κ1) is 25.4. The standard InChI is InChI=1S/C27H29ClN4O4/c1-29-27(35)24(18-7-3-2-4-8-18)32-26(34)22-11-10-21(36-22)19-9-5-6-17(14-19)16-31-25(33)20-12-13-30-23(28)15-20/h5-6,9-15,18,24H,2-4,7-8,16H2,1H3,(H,29,35)(H,31,33)(H,32,34). The summed E-state index contributed by atoms with van der Waals surface area (Å²) in [5.74, 6) is -0.0884. The molecule has 1 aliphatic carbocycles.